The lowest BCUT2D eigenvalue weighted by Crippen LogP contribution is -2.31. The van der Waals surface area contributed by atoms with Gasteiger partial charge in [0.25, 0.3) is 5.91 Å². The number of carboxylic acid groups (broad SMARTS) is 1. The number of hydrogen-bond acceptors (Lipinski definition) is 3. The summed E-state index contributed by atoms with van der Waals surface area (Å²) in [5, 5.41) is 16.1. The van der Waals surface area contributed by atoms with Gasteiger partial charge in [-0.05, 0) is 38.0 Å². The second kappa shape index (κ2) is 7.09. The van der Waals surface area contributed by atoms with Crippen molar-refractivity contribution in [1.29, 1.82) is 0 Å². The molecule has 0 bridgehead atoms. The van der Waals surface area contributed by atoms with E-state index in [1.165, 1.54) is 0 Å². The van der Waals surface area contributed by atoms with Gasteiger partial charge in [-0.25, -0.2) is 0 Å². The van der Waals surface area contributed by atoms with Gasteiger partial charge in [0.1, 0.15) is 5.69 Å². The van der Waals surface area contributed by atoms with Crippen molar-refractivity contribution < 1.29 is 14.7 Å². The Bertz CT molecular complexity index is 707. The minimum Gasteiger partial charge on any atom is -0.481 e. The number of carboxylic acids is 1. The minimum atomic E-state index is -0.966. The van der Waals surface area contributed by atoms with Gasteiger partial charge < -0.3 is 10.4 Å². The summed E-state index contributed by atoms with van der Waals surface area (Å²) in [6.45, 7) is 5.83. The maximum Gasteiger partial charge on any atom is 0.305 e. The highest BCUT2D eigenvalue weighted by Gasteiger charge is 2.21. The van der Waals surface area contributed by atoms with E-state index in [2.05, 4.69) is 10.4 Å². The van der Waals surface area contributed by atoms with Crippen LogP contribution in [0.5, 0.6) is 0 Å². The predicted octanol–water partition coefficient (Wildman–Crippen LogP) is 2.72. The van der Waals surface area contributed by atoms with E-state index in [4.69, 9.17) is 5.11 Å². The maximum absolute atomic E-state index is 12.4. The van der Waals surface area contributed by atoms with E-state index in [0.717, 1.165) is 11.1 Å². The number of benzene rings is 1. The second-order valence-corrected chi connectivity index (χ2v) is 5.76. The van der Waals surface area contributed by atoms with Crippen LogP contribution in [-0.2, 0) is 4.79 Å². The van der Waals surface area contributed by atoms with Crippen molar-refractivity contribution in [2.75, 3.05) is 0 Å². The summed E-state index contributed by atoms with van der Waals surface area (Å²) >= 11 is 0. The number of nitrogens with one attached hydrogen (secondary N) is 1. The molecule has 0 radical (unpaired) electrons. The number of amides is 1. The zero-order valence-corrected chi connectivity index (χ0v) is 13.5. The van der Waals surface area contributed by atoms with E-state index in [0.29, 0.717) is 0 Å². The van der Waals surface area contributed by atoms with E-state index in [1.807, 2.05) is 45.0 Å². The third kappa shape index (κ3) is 4.18. The van der Waals surface area contributed by atoms with Crippen LogP contribution in [0.15, 0.2) is 36.5 Å². The molecule has 122 valence electrons. The van der Waals surface area contributed by atoms with Gasteiger partial charge in [0.15, 0.2) is 0 Å². The number of rotatable bonds is 6. The Kier molecular flexibility index (Phi) is 5.16. The average molecular weight is 315 g/mol. The topological polar surface area (TPSA) is 84.2 Å². The number of carbonyl (C=O) groups excluding carboxylic acids is 1. The van der Waals surface area contributed by atoms with Crippen molar-refractivity contribution in [3.63, 3.8) is 0 Å². The third-order valence-corrected chi connectivity index (χ3v) is 3.62. The molecule has 1 atom stereocenters. The first-order valence-electron chi connectivity index (χ1n) is 7.52. The largest absolute Gasteiger partial charge is 0.481 e. The number of hydrogen-bond donors (Lipinski definition) is 2. The molecule has 2 rings (SSSR count). The summed E-state index contributed by atoms with van der Waals surface area (Å²) in [4.78, 5) is 23.5. The van der Waals surface area contributed by atoms with E-state index < -0.39 is 12.0 Å². The molecular weight excluding hydrogens is 294 g/mol. The van der Waals surface area contributed by atoms with Crippen LogP contribution in [0.25, 0.3) is 0 Å². The molecule has 0 aliphatic carbocycles. The molecule has 0 saturated carbocycles. The highest BCUT2D eigenvalue weighted by molar-refractivity contribution is 5.92. The highest BCUT2D eigenvalue weighted by atomic mass is 16.4. The molecule has 0 aliphatic rings. The first-order valence-corrected chi connectivity index (χ1v) is 7.52. The Labute approximate surface area is 135 Å². The van der Waals surface area contributed by atoms with E-state index in [9.17, 15) is 9.59 Å². The first kappa shape index (κ1) is 16.7. The lowest BCUT2D eigenvalue weighted by atomic mass is 9.98. The summed E-state index contributed by atoms with van der Waals surface area (Å²) in [5.74, 6) is -1.34. The molecule has 0 spiro atoms. The Hall–Kier alpha value is -2.63. The van der Waals surface area contributed by atoms with Gasteiger partial charge in [-0.15, -0.1) is 0 Å². The fraction of sp³-hybridized carbons (Fsp3) is 0.353. The molecule has 0 unspecified atom stereocenters. The van der Waals surface area contributed by atoms with Gasteiger partial charge in [-0.2, -0.15) is 5.10 Å². The third-order valence-electron chi connectivity index (χ3n) is 3.62. The van der Waals surface area contributed by atoms with Crippen molar-refractivity contribution in [2.45, 2.75) is 39.3 Å². The van der Waals surface area contributed by atoms with E-state index in [-0.39, 0.29) is 24.1 Å². The molecule has 1 amide bonds. The van der Waals surface area contributed by atoms with Crippen LogP contribution in [0.4, 0.5) is 0 Å². The van der Waals surface area contributed by atoms with Crippen LogP contribution in [0.1, 0.15) is 54.0 Å². The van der Waals surface area contributed by atoms with Crippen LogP contribution in [0.2, 0.25) is 0 Å². The maximum atomic E-state index is 12.4. The van der Waals surface area contributed by atoms with Crippen molar-refractivity contribution in [2.24, 2.45) is 0 Å². The molecular formula is C17H21N3O3. The van der Waals surface area contributed by atoms with Gasteiger partial charge in [-0.3, -0.25) is 14.3 Å². The van der Waals surface area contributed by atoms with E-state index >= 15 is 0 Å². The van der Waals surface area contributed by atoms with Gasteiger partial charge >= 0.3 is 5.97 Å². The summed E-state index contributed by atoms with van der Waals surface area (Å²) in [6, 6.07) is 8.62. The van der Waals surface area contributed by atoms with Crippen LogP contribution in [0, 0.1) is 6.92 Å². The Morgan fingerprint density at radius 1 is 1.26 bits per heavy atom. The summed E-state index contributed by atoms with van der Waals surface area (Å²) in [5.41, 5.74) is 2.01. The zero-order chi connectivity index (χ0) is 17.0. The van der Waals surface area contributed by atoms with Gasteiger partial charge in [0.2, 0.25) is 0 Å². The quantitative estimate of drug-likeness (QED) is 0.858. The summed E-state index contributed by atoms with van der Waals surface area (Å²) in [7, 11) is 0. The lowest BCUT2D eigenvalue weighted by molar-refractivity contribution is -0.137. The lowest BCUT2D eigenvalue weighted by Gasteiger charge is -2.19. The number of nitrogens with zero attached hydrogens (tertiary/aromatic N) is 2. The standard InChI is InChI=1S/C17H21N3O3/c1-11(2)20-9-8-14(19-20)17(23)18-15(10-16(21)22)13-7-5-4-6-12(13)3/h4-9,11,15H,10H2,1-3H3,(H,18,23)(H,21,22)/t15-/m0/s1. The van der Waals surface area contributed by atoms with Gasteiger partial charge in [0, 0.05) is 12.2 Å². The van der Waals surface area contributed by atoms with Crippen LogP contribution >= 0.6 is 0 Å². The Morgan fingerprint density at radius 2 is 1.96 bits per heavy atom. The summed E-state index contributed by atoms with van der Waals surface area (Å²) in [6.07, 6.45) is 1.56. The fourth-order valence-corrected chi connectivity index (χ4v) is 2.37. The molecule has 2 N–H and O–H groups in total. The Morgan fingerprint density at radius 3 is 2.52 bits per heavy atom. The van der Waals surface area contributed by atoms with Crippen LogP contribution in [0.3, 0.4) is 0 Å². The molecule has 1 aromatic carbocycles. The molecule has 0 saturated heterocycles. The first-order chi connectivity index (χ1) is 10.9. The number of aliphatic carboxylic acids is 1. The van der Waals surface area contributed by atoms with Gasteiger partial charge in [-0.1, -0.05) is 24.3 Å². The van der Waals surface area contributed by atoms with Crippen molar-refractivity contribution in [3.8, 4) is 0 Å². The number of aryl methyl sites for hydroxylation is 1. The van der Waals surface area contributed by atoms with Crippen molar-refractivity contribution >= 4 is 11.9 Å². The average Bonchev–Trinajstić information content (AvgIpc) is 2.96. The van der Waals surface area contributed by atoms with Crippen molar-refractivity contribution in [1.82, 2.24) is 15.1 Å². The molecule has 6 heteroatoms. The Balaban J connectivity index is 2.21. The molecule has 0 aliphatic heterocycles. The fourth-order valence-electron chi connectivity index (χ4n) is 2.37. The second-order valence-electron chi connectivity index (χ2n) is 5.76. The smallest absolute Gasteiger partial charge is 0.305 e. The minimum absolute atomic E-state index is 0.155. The molecule has 0 fully saturated rings. The predicted molar refractivity (Wildman–Crippen MR) is 86.3 cm³/mol. The van der Waals surface area contributed by atoms with Gasteiger partial charge in [0.05, 0.1) is 12.5 Å². The van der Waals surface area contributed by atoms with Crippen LogP contribution < -0.4 is 5.32 Å². The van der Waals surface area contributed by atoms with Crippen molar-refractivity contribution in [3.05, 3.63) is 53.3 Å². The zero-order valence-electron chi connectivity index (χ0n) is 13.5. The summed E-state index contributed by atoms with van der Waals surface area (Å²) < 4.78 is 1.69. The molecule has 1 aromatic heterocycles. The molecule has 1 heterocycles. The SMILES string of the molecule is Cc1ccccc1[C@H](CC(=O)O)NC(=O)c1ccn(C(C)C)n1. The highest BCUT2D eigenvalue weighted by Crippen LogP contribution is 2.21. The van der Waals surface area contributed by atoms with Crippen LogP contribution in [-0.4, -0.2) is 26.8 Å². The molecule has 23 heavy (non-hydrogen) atoms. The molecule has 6 nitrogen and oxygen atoms in total. The number of aromatic nitrogens is 2. The van der Waals surface area contributed by atoms with E-state index in [1.54, 1.807) is 16.9 Å². The normalized spacial score (nSPS) is 12.2. The number of carbonyl (C=O) groups is 2. The molecule has 2 aromatic rings. The monoisotopic (exact) mass is 315 g/mol.